The van der Waals surface area contributed by atoms with E-state index < -0.39 is 35.4 Å². The molecule has 1 aliphatic carbocycles. The summed E-state index contributed by atoms with van der Waals surface area (Å²) in [6.07, 6.45) is 4.87. The first-order valence-electron chi connectivity index (χ1n) is 11.2. The van der Waals surface area contributed by atoms with Crippen molar-refractivity contribution in [1.29, 1.82) is 0 Å². The lowest BCUT2D eigenvalue weighted by Gasteiger charge is -2.32. The number of imide groups is 1. The molecule has 3 heterocycles. The largest absolute Gasteiger partial charge is 0.392 e. The number of aryl methyl sites for hydroxylation is 1. The zero-order chi connectivity index (χ0) is 22.1. The first-order valence-corrected chi connectivity index (χ1v) is 11.6. The predicted molar refractivity (Wildman–Crippen MR) is 115 cm³/mol. The van der Waals surface area contributed by atoms with Gasteiger partial charge in [0.2, 0.25) is 17.7 Å². The summed E-state index contributed by atoms with van der Waals surface area (Å²) < 4.78 is 0. The Morgan fingerprint density at radius 2 is 1.81 bits per heavy atom. The molecule has 7 nitrogen and oxygen atoms in total. The van der Waals surface area contributed by atoms with E-state index in [9.17, 15) is 19.5 Å². The van der Waals surface area contributed by atoms with E-state index in [1.165, 1.54) is 4.90 Å². The Kier molecular flexibility index (Phi) is 4.92. The van der Waals surface area contributed by atoms with E-state index in [4.69, 9.17) is 11.6 Å². The van der Waals surface area contributed by atoms with E-state index in [1.807, 2.05) is 13.0 Å². The highest BCUT2D eigenvalue weighted by atomic mass is 35.5. The minimum Gasteiger partial charge on any atom is -0.392 e. The van der Waals surface area contributed by atoms with E-state index in [0.717, 1.165) is 44.1 Å². The fourth-order valence-electron chi connectivity index (χ4n) is 6.24. The summed E-state index contributed by atoms with van der Waals surface area (Å²) >= 11 is 6.42. The Morgan fingerprint density at radius 1 is 1.13 bits per heavy atom. The number of carbonyl (C=O) groups excluding carboxylic acids is 3. The number of anilines is 1. The van der Waals surface area contributed by atoms with Gasteiger partial charge in [-0.1, -0.05) is 43.4 Å². The van der Waals surface area contributed by atoms with Crippen molar-refractivity contribution < 1.29 is 19.5 Å². The molecule has 31 heavy (non-hydrogen) atoms. The van der Waals surface area contributed by atoms with Gasteiger partial charge in [-0.3, -0.25) is 24.6 Å². The Balaban J connectivity index is 1.65. The molecule has 3 amide bonds. The molecule has 0 aromatic heterocycles. The molecular weight excluding hydrogens is 418 g/mol. The van der Waals surface area contributed by atoms with Crippen LogP contribution in [0.2, 0.25) is 5.02 Å². The van der Waals surface area contributed by atoms with Gasteiger partial charge in [-0.25, -0.2) is 0 Å². The number of hydrogen-bond donors (Lipinski definition) is 3. The van der Waals surface area contributed by atoms with Crippen LogP contribution in [0.5, 0.6) is 0 Å². The number of aliphatic hydroxyl groups is 1. The van der Waals surface area contributed by atoms with E-state index in [1.54, 1.807) is 13.0 Å². The van der Waals surface area contributed by atoms with Gasteiger partial charge in [-0.15, -0.1) is 0 Å². The minimum atomic E-state index is -1.41. The summed E-state index contributed by atoms with van der Waals surface area (Å²) in [6.45, 7) is 3.47. The lowest BCUT2D eigenvalue weighted by atomic mass is 9.76. The molecule has 1 aromatic carbocycles. The van der Waals surface area contributed by atoms with Gasteiger partial charge in [0.1, 0.15) is 5.54 Å². The zero-order valence-electron chi connectivity index (χ0n) is 17.8. The number of nitrogens with zero attached hydrogens (tertiary/aromatic N) is 1. The van der Waals surface area contributed by atoms with Crippen LogP contribution in [0.4, 0.5) is 5.69 Å². The first-order chi connectivity index (χ1) is 14.8. The Hall–Kier alpha value is -1.96. The highest BCUT2D eigenvalue weighted by Crippen LogP contribution is 2.55. The minimum absolute atomic E-state index is 0.134. The van der Waals surface area contributed by atoms with Crippen molar-refractivity contribution in [2.45, 2.75) is 76.1 Å². The number of aliphatic hydroxyl groups excluding tert-OH is 1. The molecular formula is C23H28ClN3O4. The molecule has 1 saturated carbocycles. The molecule has 1 aromatic rings. The van der Waals surface area contributed by atoms with E-state index >= 15 is 0 Å². The quantitative estimate of drug-likeness (QED) is 0.480. The van der Waals surface area contributed by atoms with Crippen LogP contribution in [0.15, 0.2) is 12.1 Å². The van der Waals surface area contributed by atoms with Gasteiger partial charge in [0.15, 0.2) is 0 Å². The zero-order valence-corrected chi connectivity index (χ0v) is 18.5. The molecule has 166 valence electrons. The summed E-state index contributed by atoms with van der Waals surface area (Å²) in [5.74, 6) is -2.65. The molecule has 0 unspecified atom stereocenters. The van der Waals surface area contributed by atoms with Crippen LogP contribution >= 0.6 is 11.6 Å². The number of hydrogen-bond acceptors (Lipinski definition) is 5. The summed E-state index contributed by atoms with van der Waals surface area (Å²) in [5, 5.41) is 17.0. The van der Waals surface area contributed by atoms with Crippen LogP contribution in [-0.2, 0) is 19.9 Å². The number of carbonyl (C=O) groups is 3. The van der Waals surface area contributed by atoms with Crippen molar-refractivity contribution in [3.05, 3.63) is 28.3 Å². The Bertz CT molecular complexity index is 972. The SMILES string of the molecule is Cc1cc(Cl)c2c(c1)[C@]1(N[C@H]([C@H](C)O)[C@H]3C(=O)N(C4CCCCCC4)C(=O)[C@H]31)C(=O)N2. The molecule has 0 bridgehead atoms. The van der Waals surface area contributed by atoms with Gasteiger partial charge in [0, 0.05) is 17.6 Å². The van der Waals surface area contributed by atoms with Gasteiger partial charge in [0.25, 0.3) is 0 Å². The fraction of sp³-hybridized carbons (Fsp3) is 0.609. The predicted octanol–water partition coefficient (Wildman–Crippen LogP) is 2.47. The van der Waals surface area contributed by atoms with Crippen molar-refractivity contribution in [2.75, 3.05) is 5.32 Å². The molecule has 5 atom stereocenters. The number of amides is 3. The van der Waals surface area contributed by atoms with Crippen molar-refractivity contribution >= 4 is 35.0 Å². The summed E-state index contributed by atoms with van der Waals surface area (Å²) in [7, 11) is 0. The molecule has 3 fully saturated rings. The van der Waals surface area contributed by atoms with Gasteiger partial charge < -0.3 is 10.4 Å². The Morgan fingerprint density at radius 3 is 2.45 bits per heavy atom. The van der Waals surface area contributed by atoms with E-state index in [-0.39, 0.29) is 17.9 Å². The van der Waals surface area contributed by atoms with Crippen LogP contribution in [-0.4, -0.2) is 45.9 Å². The Labute approximate surface area is 186 Å². The fourth-order valence-corrected chi connectivity index (χ4v) is 6.56. The smallest absolute Gasteiger partial charge is 0.250 e. The van der Waals surface area contributed by atoms with Gasteiger partial charge in [0.05, 0.1) is 28.6 Å². The molecule has 2 saturated heterocycles. The maximum Gasteiger partial charge on any atom is 0.250 e. The topological polar surface area (TPSA) is 98.7 Å². The third kappa shape index (κ3) is 2.82. The summed E-state index contributed by atoms with van der Waals surface area (Å²) in [4.78, 5) is 42.3. The average molecular weight is 446 g/mol. The number of nitrogens with one attached hydrogen (secondary N) is 2. The number of halogens is 1. The number of likely N-dealkylation sites (tertiary alicyclic amines) is 1. The van der Waals surface area contributed by atoms with E-state index in [2.05, 4.69) is 10.6 Å². The lowest BCUT2D eigenvalue weighted by molar-refractivity contribution is -0.146. The molecule has 3 aliphatic heterocycles. The van der Waals surface area contributed by atoms with Crippen LogP contribution < -0.4 is 10.6 Å². The van der Waals surface area contributed by atoms with Crippen molar-refractivity contribution in [3.8, 4) is 0 Å². The number of benzene rings is 1. The standard InChI is InChI=1S/C23H28ClN3O4/c1-11-9-14-19(15(24)10-11)25-22(31)23(14)17-16(18(26-23)12(2)28)20(29)27(21(17)30)13-7-5-3-4-6-8-13/h9-10,12-13,16-18,26,28H,3-8H2,1-2H3,(H,25,31)/t12-,16-,17-,18+,23+/m0/s1. The average Bonchev–Trinajstić information content (AvgIpc) is 3.18. The first kappa shape index (κ1) is 20.9. The molecule has 5 rings (SSSR count). The maximum atomic E-state index is 13.8. The van der Waals surface area contributed by atoms with Gasteiger partial charge >= 0.3 is 0 Å². The summed E-state index contributed by atoms with van der Waals surface area (Å²) in [5.41, 5.74) is 0.507. The van der Waals surface area contributed by atoms with E-state index in [0.29, 0.717) is 16.3 Å². The highest BCUT2D eigenvalue weighted by molar-refractivity contribution is 6.35. The van der Waals surface area contributed by atoms with Crippen molar-refractivity contribution in [1.82, 2.24) is 10.2 Å². The molecule has 4 aliphatic rings. The van der Waals surface area contributed by atoms with Crippen molar-refractivity contribution in [2.24, 2.45) is 11.8 Å². The molecule has 8 heteroatoms. The molecule has 0 radical (unpaired) electrons. The third-order valence-corrected chi connectivity index (χ3v) is 7.90. The number of rotatable bonds is 2. The van der Waals surface area contributed by atoms with Crippen LogP contribution in [0.1, 0.15) is 56.6 Å². The summed E-state index contributed by atoms with van der Waals surface area (Å²) in [6, 6.07) is 2.77. The monoisotopic (exact) mass is 445 g/mol. The lowest BCUT2D eigenvalue weighted by Crippen LogP contribution is -2.55. The van der Waals surface area contributed by atoms with Gasteiger partial charge in [-0.05, 0) is 38.3 Å². The van der Waals surface area contributed by atoms with Gasteiger partial charge in [-0.2, -0.15) is 0 Å². The molecule has 1 spiro atoms. The number of fused-ring (bicyclic) bond motifs is 4. The van der Waals surface area contributed by atoms with Crippen molar-refractivity contribution in [3.63, 3.8) is 0 Å². The second-order valence-corrected chi connectivity index (χ2v) is 9.94. The second kappa shape index (κ2) is 7.29. The molecule has 3 N–H and O–H groups in total. The maximum absolute atomic E-state index is 13.8. The van der Waals surface area contributed by atoms with Crippen LogP contribution in [0.3, 0.4) is 0 Å². The van der Waals surface area contributed by atoms with Crippen LogP contribution in [0, 0.1) is 18.8 Å². The third-order valence-electron chi connectivity index (χ3n) is 7.60. The highest BCUT2D eigenvalue weighted by Gasteiger charge is 2.71. The normalized spacial score (nSPS) is 34.1. The second-order valence-electron chi connectivity index (χ2n) is 9.54. The van der Waals surface area contributed by atoms with Crippen LogP contribution in [0.25, 0.3) is 0 Å².